The minimum Gasteiger partial charge on any atom is -0.466 e. The summed E-state index contributed by atoms with van der Waals surface area (Å²) in [5, 5.41) is 23.0. The lowest BCUT2D eigenvalue weighted by Gasteiger charge is -2.20. The van der Waals surface area contributed by atoms with Crippen LogP contribution in [0.3, 0.4) is 0 Å². The first-order valence-electron chi connectivity index (χ1n) is 26.9. The molecule has 2 unspecified atom stereocenters. The Labute approximate surface area is 385 Å². The van der Waals surface area contributed by atoms with Crippen molar-refractivity contribution in [3.05, 3.63) is 48.6 Å². The van der Waals surface area contributed by atoms with Crippen LogP contribution in [0.4, 0.5) is 0 Å². The van der Waals surface area contributed by atoms with Crippen molar-refractivity contribution in [2.75, 3.05) is 13.2 Å². The fourth-order valence-corrected chi connectivity index (χ4v) is 7.90. The molecule has 0 rings (SSSR count). The van der Waals surface area contributed by atoms with Crippen LogP contribution in [0.5, 0.6) is 0 Å². The first-order valence-corrected chi connectivity index (χ1v) is 26.9. The second kappa shape index (κ2) is 51.5. The molecule has 0 aromatic carbocycles. The number of carbonyl (C=O) groups is 2. The second-order valence-electron chi connectivity index (χ2n) is 18.2. The van der Waals surface area contributed by atoms with Crippen LogP contribution in [-0.2, 0) is 14.3 Å². The third-order valence-corrected chi connectivity index (χ3v) is 12.0. The smallest absolute Gasteiger partial charge is 0.305 e. The highest BCUT2D eigenvalue weighted by Gasteiger charge is 2.18. The lowest BCUT2D eigenvalue weighted by Crippen LogP contribution is -2.45. The Morgan fingerprint density at radius 2 is 0.839 bits per heavy atom. The van der Waals surface area contributed by atoms with Gasteiger partial charge in [0.1, 0.15) is 0 Å². The summed E-state index contributed by atoms with van der Waals surface area (Å²) in [6, 6.07) is -0.633. The maximum atomic E-state index is 12.4. The highest BCUT2D eigenvalue weighted by Crippen LogP contribution is 2.15. The summed E-state index contributed by atoms with van der Waals surface area (Å²) in [6.45, 7) is 4.80. The lowest BCUT2D eigenvalue weighted by molar-refractivity contribution is -0.143. The number of aliphatic hydroxyl groups excluding tert-OH is 2. The van der Waals surface area contributed by atoms with Crippen LogP contribution in [0.25, 0.3) is 0 Å². The number of unbranched alkanes of at least 4 members (excludes halogenated alkanes) is 32. The summed E-state index contributed by atoms with van der Waals surface area (Å²) >= 11 is 0. The molecule has 0 aliphatic heterocycles. The minimum atomic E-state index is -0.848. The van der Waals surface area contributed by atoms with Crippen molar-refractivity contribution in [3.63, 3.8) is 0 Å². The number of hydrogen-bond acceptors (Lipinski definition) is 5. The molecule has 0 saturated heterocycles. The predicted octanol–water partition coefficient (Wildman–Crippen LogP) is 16.2. The zero-order valence-electron chi connectivity index (χ0n) is 41.1. The van der Waals surface area contributed by atoms with E-state index >= 15 is 0 Å². The Morgan fingerprint density at radius 3 is 1.31 bits per heavy atom. The van der Waals surface area contributed by atoms with Crippen molar-refractivity contribution in [1.82, 2.24) is 5.32 Å². The molecular formula is C56H103NO5. The molecule has 0 aromatic rings. The fourth-order valence-electron chi connectivity index (χ4n) is 7.90. The van der Waals surface area contributed by atoms with Gasteiger partial charge in [-0.25, -0.2) is 0 Å². The quantitative estimate of drug-likeness (QED) is 0.0322. The molecule has 6 nitrogen and oxygen atoms in total. The van der Waals surface area contributed by atoms with Gasteiger partial charge in [-0.1, -0.05) is 223 Å². The average Bonchev–Trinajstić information content (AvgIpc) is 3.27. The molecule has 362 valence electrons. The Morgan fingerprint density at radius 1 is 0.452 bits per heavy atom. The molecule has 0 fully saturated rings. The number of nitrogens with one attached hydrogen (secondary N) is 1. The van der Waals surface area contributed by atoms with Crippen LogP contribution in [-0.4, -0.2) is 47.4 Å². The third-order valence-electron chi connectivity index (χ3n) is 12.0. The first kappa shape index (κ1) is 59.8. The summed E-state index contributed by atoms with van der Waals surface area (Å²) in [6.07, 6.45) is 64.1. The van der Waals surface area contributed by atoms with E-state index in [9.17, 15) is 19.8 Å². The van der Waals surface area contributed by atoms with Gasteiger partial charge < -0.3 is 20.3 Å². The SMILES string of the molecule is CCC/C=C\C/C=C\CCCCCCCC(=O)OCCCCCCCCCCCC/C=C\CCCCCCCCCC(=O)NC(CO)C(O)/C=C/CCCCCCCCCCC. The van der Waals surface area contributed by atoms with Gasteiger partial charge in [0.25, 0.3) is 0 Å². The largest absolute Gasteiger partial charge is 0.466 e. The van der Waals surface area contributed by atoms with Gasteiger partial charge in [-0.15, -0.1) is 0 Å². The average molecular weight is 870 g/mol. The van der Waals surface area contributed by atoms with Crippen molar-refractivity contribution >= 4 is 11.9 Å². The van der Waals surface area contributed by atoms with Crippen LogP contribution in [0.2, 0.25) is 0 Å². The van der Waals surface area contributed by atoms with Crippen molar-refractivity contribution < 1.29 is 24.5 Å². The maximum absolute atomic E-state index is 12.4. The molecule has 0 radical (unpaired) electrons. The summed E-state index contributed by atoms with van der Waals surface area (Å²) in [5.41, 5.74) is 0. The Kier molecular flexibility index (Phi) is 49.6. The second-order valence-corrected chi connectivity index (χ2v) is 18.2. The topological polar surface area (TPSA) is 95.9 Å². The van der Waals surface area contributed by atoms with Gasteiger partial charge in [0.15, 0.2) is 0 Å². The molecule has 0 heterocycles. The van der Waals surface area contributed by atoms with Crippen molar-refractivity contribution in [1.29, 1.82) is 0 Å². The zero-order valence-corrected chi connectivity index (χ0v) is 41.1. The molecule has 0 bridgehead atoms. The number of hydrogen-bond donors (Lipinski definition) is 3. The van der Waals surface area contributed by atoms with Crippen molar-refractivity contribution in [2.45, 2.75) is 283 Å². The minimum absolute atomic E-state index is 0.00875. The third kappa shape index (κ3) is 47.3. The lowest BCUT2D eigenvalue weighted by atomic mass is 10.0. The standard InChI is InChI=1S/C56H103NO5/c1-3-5-7-9-11-13-15-25-30-34-38-42-46-50-56(61)62-51-47-43-39-35-31-27-24-22-20-18-16-17-19-21-23-26-29-33-37-41-45-49-55(60)57-53(52-58)54(59)48-44-40-36-32-28-14-12-10-8-6-4-2/h7,9,13,15,17,19,44,48,53-54,58-59H,3-6,8,10-12,14,16,18,20-43,45-47,49-52H2,1-2H3,(H,57,60)/b9-7-,15-13-,19-17-,48-44+. The first-order chi connectivity index (χ1) is 30.5. The molecule has 62 heavy (non-hydrogen) atoms. The van der Waals surface area contributed by atoms with Crippen molar-refractivity contribution in [3.8, 4) is 0 Å². The van der Waals surface area contributed by atoms with Gasteiger partial charge in [-0.2, -0.15) is 0 Å². The zero-order chi connectivity index (χ0) is 45.1. The van der Waals surface area contributed by atoms with E-state index in [1.165, 1.54) is 186 Å². The van der Waals surface area contributed by atoms with Crippen LogP contribution in [0.1, 0.15) is 271 Å². The predicted molar refractivity (Wildman–Crippen MR) is 269 cm³/mol. The highest BCUT2D eigenvalue weighted by molar-refractivity contribution is 5.76. The van der Waals surface area contributed by atoms with Gasteiger partial charge in [0.2, 0.25) is 5.91 Å². The van der Waals surface area contributed by atoms with Crippen LogP contribution in [0, 0.1) is 0 Å². The van der Waals surface area contributed by atoms with E-state index < -0.39 is 12.1 Å². The van der Waals surface area contributed by atoms with E-state index in [1.54, 1.807) is 6.08 Å². The monoisotopic (exact) mass is 870 g/mol. The fraction of sp³-hybridized carbons (Fsp3) is 0.821. The Bertz CT molecular complexity index is 1050. The van der Waals surface area contributed by atoms with E-state index in [2.05, 4.69) is 55.6 Å². The van der Waals surface area contributed by atoms with Gasteiger partial charge >= 0.3 is 5.97 Å². The van der Waals surface area contributed by atoms with E-state index in [4.69, 9.17) is 4.74 Å². The Hall–Kier alpha value is -2.18. The van der Waals surface area contributed by atoms with E-state index in [1.807, 2.05) is 6.08 Å². The number of carbonyl (C=O) groups excluding carboxylic acids is 2. The highest BCUT2D eigenvalue weighted by atomic mass is 16.5. The van der Waals surface area contributed by atoms with Crippen LogP contribution < -0.4 is 5.32 Å². The van der Waals surface area contributed by atoms with Crippen LogP contribution in [0.15, 0.2) is 48.6 Å². The molecule has 0 aromatic heterocycles. The molecule has 2 atom stereocenters. The van der Waals surface area contributed by atoms with E-state index in [0.29, 0.717) is 19.4 Å². The van der Waals surface area contributed by atoms with Gasteiger partial charge in [0.05, 0.1) is 25.4 Å². The number of rotatable bonds is 49. The number of ether oxygens (including phenoxy) is 1. The molecule has 0 aliphatic rings. The molecule has 3 N–H and O–H groups in total. The molecule has 0 spiro atoms. The molecular weight excluding hydrogens is 767 g/mol. The number of aliphatic hydroxyl groups is 2. The molecule has 1 amide bonds. The summed E-state index contributed by atoms with van der Waals surface area (Å²) in [5.74, 6) is -0.0871. The van der Waals surface area contributed by atoms with E-state index in [-0.39, 0.29) is 18.5 Å². The summed E-state index contributed by atoms with van der Waals surface area (Å²) < 4.78 is 5.45. The molecule has 0 saturated carbocycles. The number of amides is 1. The van der Waals surface area contributed by atoms with Gasteiger partial charge in [-0.3, -0.25) is 9.59 Å². The van der Waals surface area contributed by atoms with Gasteiger partial charge in [-0.05, 0) is 83.5 Å². The normalized spacial score (nSPS) is 13.0. The van der Waals surface area contributed by atoms with Gasteiger partial charge in [0, 0.05) is 12.8 Å². The number of esters is 1. The molecule has 0 aliphatic carbocycles. The summed E-state index contributed by atoms with van der Waals surface area (Å²) in [4.78, 5) is 24.4. The Balaban J connectivity index is 3.45. The maximum Gasteiger partial charge on any atom is 0.305 e. The summed E-state index contributed by atoms with van der Waals surface area (Å²) in [7, 11) is 0. The van der Waals surface area contributed by atoms with Crippen molar-refractivity contribution in [2.24, 2.45) is 0 Å². The molecule has 6 heteroatoms. The van der Waals surface area contributed by atoms with E-state index in [0.717, 1.165) is 57.8 Å². The van der Waals surface area contributed by atoms with Crippen LogP contribution >= 0.6 is 0 Å². The number of allylic oxidation sites excluding steroid dienone is 7.